The van der Waals surface area contributed by atoms with Crippen molar-refractivity contribution in [1.82, 2.24) is 21.3 Å². The van der Waals surface area contributed by atoms with Crippen LogP contribution in [0.4, 0.5) is 13.2 Å². The molecule has 0 heterocycles. The van der Waals surface area contributed by atoms with Crippen molar-refractivity contribution < 1.29 is 42.3 Å². The number of rotatable bonds is 17. The second-order valence-corrected chi connectivity index (χ2v) is 13.7. The van der Waals surface area contributed by atoms with Crippen LogP contribution in [-0.2, 0) is 19.2 Å². The molecular formula is C37H42F3N5O6S. The van der Waals surface area contributed by atoms with Crippen LogP contribution in [0.25, 0.3) is 11.1 Å². The van der Waals surface area contributed by atoms with Crippen LogP contribution in [0.2, 0.25) is 0 Å². The fraction of sp³-hybridized carbons (Fsp3) is 0.378. The maximum absolute atomic E-state index is 13.9. The largest absolute Gasteiger partial charge is 0.416 e. The monoisotopic (exact) mass is 741 g/mol. The molecule has 0 radical (unpaired) electrons. The average Bonchev–Trinajstić information content (AvgIpc) is 3.86. The van der Waals surface area contributed by atoms with Crippen molar-refractivity contribution in [2.75, 3.05) is 12.0 Å². The summed E-state index contributed by atoms with van der Waals surface area (Å²) in [6, 6.07) is 21.0. The molecule has 1 aliphatic carbocycles. The molecule has 1 fully saturated rings. The molecule has 0 saturated heterocycles. The van der Waals surface area contributed by atoms with E-state index in [-0.39, 0.29) is 12.8 Å². The number of thioether (sulfide) groups is 1. The van der Waals surface area contributed by atoms with Crippen LogP contribution in [0.5, 0.6) is 0 Å². The first-order valence-electron chi connectivity index (χ1n) is 16.6. The van der Waals surface area contributed by atoms with Gasteiger partial charge in [0.15, 0.2) is 6.10 Å². The number of carbonyl (C=O) groups excluding carboxylic acids is 5. The Hall–Kier alpha value is -4.89. The summed E-state index contributed by atoms with van der Waals surface area (Å²) in [5.74, 6) is -3.90. The molecule has 3 aromatic carbocycles. The number of halogens is 3. The number of alkyl halides is 3. The molecule has 3 aromatic rings. The Morgan fingerprint density at radius 3 is 2.04 bits per heavy atom. The summed E-state index contributed by atoms with van der Waals surface area (Å²) in [7, 11) is 0. The second kappa shape index (κ2) is 17.6. The molecule has 1 aliphatic rings. The highest BCUT2D eigenvalue weighted by Crippen LogP contribution is 2.51. The number of nitrogens with two attached hydrogens (primary N) is 1. The standard InChI is InChI=1S/C37H42F3N5O6S/c1-22(32(48)43-28(17-18-30(41)46)31(47)37(38,39)40)42-35(51)36(21-27(36)25-11-7-4-8-12-25)45-34(50)29(19-20-52-2)44-33(49)26-15-13-24(14-16-26)23-9-5-3-6-10-23/h3-16,22,27-29,31,47H,17-21H2,1-2H3,(H2,41,46)(H,42,51)(H,43,48)(H,44,49)(H,45,50)/t22-,27?,28?,29-,31?,36?/m0/s1. The second-order valence-electron chi connectivity index (χ2n) is 12.7. The van der Waals surface area contributed by atoms with Gasteiger partial charge in [0.05, 0.1) is 6.04 Å². The number of primary amides is 1. The predicted octanol–water partition coefficient (Wildman–Crippen LogP) is 3.43. The first-order valence-corrected chi connectivity index (χ1v) is 18.0. The molecule has 6 atom stereocenters. The van der Waals surface area contributed by atoms with Crippen molar-refractivity contribution in [1.29, 1.82) is 0 Å². The average molecular weight is 742 g/mol. The summed E-state index contributed by atoms with van der Waals surface area (Å²) in [5.41, 5.74) is 6.43. The Balaban J connectivity index is 1.50. The molecule has 1 saturated carbocycles. The van der Waals surface area contributed by atoms with Crippen LogP contribution >= 0.6 is 11.8 Å². The molecule has 278 valence electrons. The Morgan fingerprint density at radius 1 is 0.865 bits per heavy atom. The van der Waals surface area contributed by atoms with Gasteiger partial charge in [0.2, 0.25) is 23.6 Å². The van der Waals surface area contributed by atoms with Crippen molar-refractivity contribution in [2.45, 2.75) is 74.5 Å². The minimum absolute atomic E-state index is 0.140. The van der Waals surface area contributed by atoms with Crippen LogP contribution in [0.1, 0.15) is 54.4 Å². The van der Waals surface area contributed by atoms with Gasteiger partial charge in [0.25, 0.3) is 5.91 Å². The van der Waals surface area contributed by atoms with Gasteiger partial charge in [-0.05, 0) is 67.0 Å². The smallest absolute Gasteiger partial charge is 0.382 e. The van der Waals surface area contributed by atoms with E-state index in [0.29, 0.717) is 11.3 Å². The molecule has 5 amide bonds. The van der Waals surface area contributed by atoms with E-state index in [2.05, 4.69) is 21.3 Å². The summed E-state index contributed by atoms with van der Waals surface area (Å²) in [6.07, 6.45) is -7.02. The van der Waals surface area contributed by atoms with E-state index in [1.165, 1.54) is 18.7 Å². The molecule has 0 aliphatic heterocycles. The number of amides is 5. The van der Waals surface area contributed by atoms with Gasteiger partial charge < -0.3 is 32.1 Å². The zero-order chi connectivity index (χ0) is 38.1. The van der Waals surface area contributed by atoms with E-state index >= 15 is 0 Å². The number of hydrogen-bond acceptors (Lipinski definition) is 7. The number of benzene rings is 3. The Labute approximate surface area is 303 Å². The molecule has 4 rings (SSSR count). The van der Waals surface area contributed by atoms with Gasteiger partial charge in [-0.25, -0.2) is 0 Å². The molecular weight excluding hydrogens is 699 g/mol. The Kier molecular flexibility index (Phi) is 13.5. The van der Waals surface area contributed by atoms with Gasteiger partial charge in [-0.15, -0.1) is 0 Å². The summed E-state index contributed by atoms with van der Waals surface area (Å²) in [6.45, 7) is 1.23. The lowest BCUT2D eigenvalue weighted by Crippen LogP contribution is -2.59. The summed E-state index contributed by atoms with van der Waals surface area (Å²) in [4.78, 5) is 65.4. The van der Waals surface area contributed by atoms with Gasteiger partial charge in [-0.1, -0.05) is 72.8 Å². The van der Waals surface area contributed by atoms with Gasteiger partial charge in [-0.3, -0.25) is 24.0 Å². The molecule has 52 heavy (non-hydrogen) atoms. The number of aliphatic hydroxyl groups is 1. The van der Waals surface area contributed by atoms with Crippen molar-refractivity contribution in [3.8, 4) is 11.1 Å². The molecule has 4 unspecified atom stereocenters. The fourth-order valence-corrected chi connectivity index (χ4v) is 6.30. The maximum Gasteiger partial charge on any atom is 0.416 e. The van der Waals surface area contributed by atoms with Crippen molar-refractivity contribution >= 4 is 41.3 Å². The molecule has 15 heteroatoms. The van der Waals surface area contributed by atoms with Crippen molar-refractivity contribution in [3.05, 3.63) is 96.1 Å². The van der Waals surface area contributed by atoms with Gasteiger partial charge in [0.1, 0.15) is 17.6 Å². The number of nitrogens with one attached hydrogen (secondary N) is 4. The molecule has 0 aromatic heterocycles. The quantitative estimate of drug-likeness (QED) is 0.123. The third-order valence-electron chi connectivity index (χ3n) is 8.89. The van der Waals surface area contributed by atoms with Crippen LogP contribution in [-0.4, -0.2) is 82.6 Å². The third-order valence-corrected chi connectivity index (χ3v) is 9.53. The van der Waals surface area contributed by atoms with E-state index in [4.69, 9.17) is 5.73 Å². The highest BCUT2D eigenvalue weighted by atomic mass is 32.2. The maximum atomic E-state index is 13.9. The summed E-state index contributed by atoms with van der Waals surface area (Å²) in [5, 5.41) is 20.0. The summed E-state index contributed by atoms with van der Waals surface area (Å²) >= 11 is 1.46. The van der Waals surface area contributed by atoms with Crippen LogP contribution in [0.3, 0.4) is 0 Å². The van der Waals surface area contributed by atoms with Crippen LogP contribution in [0.15, 0.2) is 84.9 Å². The van der Waals surface area contributed by atoms with E-state index in [0.717, 1.165) is 16.7 Å². The number of carbonyl (C=O) groups is 5. The number of aliphatic hydroxyl groups excluding tert-OH is 1. The molecule has 0 bridgehead atoms. The van der Waals surface area contributed by atoms with Crippen LogP contribution < -0.4 is 27.0 Å². The Bertz CT molecular complexity index is 1710. The zero-order valence-electron chi connectivity index (χ0n) is 28.6. The van der Waals surface area contributed by atoms with E-state index < -0.39 is 84.2 Å². The predicted molar refractivity (Wildman–Crippen MR) is 191 cm³/mol. The highest BCUT2D eigenvalue weighted by molar-refractivity contribution is 7.98. The fourth-order valence-electron chi connectivity index (χ4n) is 5.83. The third kappa shape index (κ3) is 10.3. The topological polar surface area (TPSA) is 180 Å². The SMILES string of the molecule is CSCC[C@H](NC(=O)c1ccc(-c2ccccc2)cc1)C(=O)NC1(C(=O)N[C@@H](C)C(=O)NC(CCC(N)=O)C(O)C(F)(F)F)CC1c1ccccc1. The zero-order valence-corrected chi connectivity index (χ0v) is 29.4. The Morgan fingerprint density at radius 2 is 1.46 bits per heavy atom. The van der Waals surface area contributed by atoms with Gasteiger partial charge in [0, 0.05) is 17.9 Å². The van der Waals surface area contributed by atoms with Crippen molar-refractivity contribution in [2.24, 2.45) is 5.73 Å². The van der Waals surface area contributed by atoms with Crippen LogP contribution in [0, 0.1) is 0 Å². The lowest BCUT2D eigenvalue weighted by molar-refractivity contribution is -0.212. The molecule has 7 N–H and O–H groups in total. The summed E-state index contributed by atoms with van der Waals surface area (Å²) < 4.78 is 40.0. The van der Waals surface area contributed by atoms with Gasteiger partial charge >= 0.3 is 6.18 Å². The molecule has 0 spiro atoms. The van der Waals surface area contributed by atoms with Gasteiger partial charge in [-0.2, -0.15) is 24.9 Å². The first-order chi connectivity index (χ1) is 24.7. The molecule has 11 nitrogen and oxygen atoms in total. The number of hydrogen-bond donors (Lipinski definition) is 6. The van der Waals surface area contributed by atoms with E-state index in [1.807, 2.05) is 36.6 Å². The lowest BCUT2D eigenvalue weighted by Gasteiger charge is -2.28. The first kappa shape index (κ1) is 39.9. The minimum Gasteiger partial charge on any atom is -0.382 e. The van der Waals surface area contributed by atoms with E-state index in [1.54, 1.807) is 54.6 Å². The minimum atomic E-state index is -5.11. The van der Waals surface area contributed by atoms with E-state index in [9.17, 15) is 42.3 Å². The normalized spacial score (nSPS) is 18.9. The highest BCUT2D eigenvalue weighted by Gasteiger charge is 2.62. The lowest BCUT2D eigenvalue weighted by atomic mass is 10.0. The van der Waals surface area contributed by atoms with Crippen molar-refractivity contribution in [3.63, 3.8) is 0 Å².